The zero-order chi connectivity index (χ0) is 13.9. The van der Waals surface area contributed by atoms with Crippen molar-refractivity contribution in [2.24, 2.45) is 5.92 Å². The van der Waals surface area contributed by atoms with Crippen LogP contribution in [0.1, 0.15) is 36.5 Å². The summed E-state index contributed by atoms with van der Waals surface area (Å²) in [5.74, 6) is 0.615. The van der Waals surface area contributed by atoms with Gasteiger partial charge in [0.25, 0.3) is 5.91 Å². The van der Waals surface area contributed by atoms with Gasteiger partial charge in [-0.25, -0.2) is 0 Å². The predicted octanol–water partition coefficient (Wildman–Crippen LogP) is 2.42. The van der Waals surface area contributed by atoms with Crippen molar-refractivity contribution in [3.63, 3.8) is 0 Å². The Hall–Kier alpha value is -1.55. The van der Waals surface area contributed by atoms with Crippen LogP contribution >= 0.6 is 0 Å². The van der Waals surface area contributed by atoms with Gasteiger partial charge in [-0.1, -0.05) is 0 Å². The lowest BCUT2D eigenvalue weighted by atomic mass is 10.0. The SMILES string of the molecule is CC(Nc1ccc(C(=O)NC2CC2)cc1)C1CCOC1. The summed E-state index contributed by atoms with van der Waals surface area (Å²) in [7, 11) is 0. The monoisotopic (exact) mass is 274 g/mol. The molecule has 0 radical (unpaired) electrons. The first kappa shape index (κ1) is 13.4. The lowest BCUT2D eigenvalue weighted by Crippen LogP contribution is -2.26. The number of rotatable bonds is 5. The van der Waals surface area contributed by atoms with E-state index in [-0.39, 0.29) is 5.91 Å². The molecule has 2 aliphatic rings. The molecule has 1 saturated carbocycles. The van der Waals surface area contributed by atoms with Crippen molar-refractivity contribution in [1.82, 2.24) is 5.32 Å². The maximum Gasteiger partial charge on any atom is 0.251 e. The molecule has 2 unspecified atom stereocenters. The molecule has 4 heteroatoms. The number of nitrogens with one attached hydrogen (secondary N) is 2. The van der Waals surface area contributed by atoms with Crippen LogP contribution in [0, 0.1) is 5.92 Å². The molecule has 2 N–H and O–H groups in total. The summed E-state index contributed by atoms with van der Waals surface area (Å²) in [6.45, 7) is 3.90. The minimum atomic E-state index is 0.0382. The number of anilines is 1. The Balaban J connectivity index is 1.56. The minimum absolute atomic E-state index is 0.0382. The largest absolute Gasteiger partial charge is 0.382 e. The summed E-state index contributed by atoms with van der Waals surface area (Å²) in [6.07, 6.45) is 3.36. The summed E-state index contributed by atoms with van der Waals surface area (Å²) >= 11 is 0. The Labute approximate surface area is 119 Å². The normalized spacial score (nSPS) is 23.4. The van der Waals surface area contributed by atoms with Crippen LogP contribution in [-0.4, -0.2) is 31.2 Å². The Morgan fingerprint density at radius 2 is 2.00 bits per heavy atom. The summed E-state index contributed by atoms with van der Waals surface area (Å²) < 4.78 is 5.42. The van der Waals surface area contributed by atoms with Gasteiger partial charge in [0, 0.05) is 35.9 Å². The highest BCUT2D eigenvalue weighted by Gasteiger charge is 2.24. The standard InChI is InChI=1S/C16H22N2O2/c1-11(13-8-9-20-10-13)17-14-4-2-12(3-5-14)16(19)18-15-6-7-15/h2-5,11,13,15,17H,6-10H2,1H3,(H,18,19). The molecule has 0 spiro atoms. The molecule has 20 heavy (non-hydrogen) atoms. The minimum Gasteiger partial charge on any atom is -0.382 e. The maximum absolute atomic E-state index is 11.9. The van der Waals surface area contributed by atoms with Crippen molar-refractivity contribution in [2.75, 3.05) is 18.5 Å². The second-order valence-electron chi connectivity index (χ2n) is 5.88. The molecule has 1 heterocycles. The Bertz CT molecular complexity index is 462. The van der Waals surface area contributed by atoms with Crippen LogP contribution in [0.2, 0.25) is 0 Å². The van der Waals surface area contributed by atoms with Gasteiger partial charge in [-0.2, -0.15) is 0 Å². The number of benzene rings is 1. The lowest BCUT2D eigenvalue weighted by molar-refractivity contribution is 0.0951. The molecule has 1 amide bonds. The van der Waals surface area contributed by atoms with E-state index in [2.05, 4.69) is 17.6 Å². The van der Waals surface area contributed by atoms with E-state index in [4.69, 9.17) is 4.74 Å². The molecular formula is C16H22N2O2. The van der Waals surface area contributed by atoms with Gasteiger partial charge in [-0.15, -0.1) is 0 Å². The van der Waals surface area contributed by atoms with E-state index in [9.17, 15) is 4.79 Å². The number of hydrogen-bond acceptors (Lipinski definition) is 3. The average molecular weight is 274 g/mol. The van der Waals surface area contributed by atoms with Gasteiger partial charge < -0.3 is 15.4 Å². The second-order valence-corrected chi connectivity index (χ2v) is 5.88. The number of carbonyl (C=O) groups is 1. The van der Waals surface area contributed by atoms with Crippen molar-refractivity contribution in [1.29, 1.82) is 0 Å². The third kappa shape index (κ3) is 3.31. The van der Waals surface area contributed by atoms with Gasteiger partial charge in [0.15, 0.2) is 0 Å². The molecule has 0 aromatic heterocycles. The van der Waals surface area contributed by atoms with Gasteiger partial charge in [-0.3, -0.25) is 4.79 Å². The molecule has 1 aliphatic heterocycles. The molecule has 1 aromatic rings. The van der Waals surface area contributed by atoms with Crippen LogP contribution in [0.5, 0.6) is 0 Å². The fourth-order valence-electron chi connectivity index (χ4n) is 2.54. The van der Waals surface area contributed by atoms with Gasteiger partial charge >= 0.3 is 0 Å². The Morgan fingerprint density at radius 3 is 2.60 bits per heavy atom. The molecule has 0 bridgehead atoms. The van der Waals surface area contributed by atoms with Gasteiger partial charge in [0.2, 0.25) is 0 Å². The first-order valence-electron chi connectivity index (χ1n) is 7.47. The maximum atomic E-state index is 11.9. The Morgan fingerprint density at radius 1 is 1.25 bits per heavy atom. The Kier molecular flexibility index (Phi) is 3.92. The van der Waals surface area contributed by atoms with Crippen LogP contribution in [0.4, 0.5) is 5.69 Å². The number of ether oxygens (including phenoxy) is 1. The highest BCUT2D eigenvalue weighted by molar-refractivity contribution is 5.94. The molecule has 4 nitrogen and oxygen atoms in total. The summed E-state index contributed by atoms with van der Waals surface area (Å²) in [5, 5.41) is 6.49. The van der Waals surface area contributed by atoms with E-state index < -0.39 is 0 Å². The van der Waals surface area contributed by atoms with Gasteiger partial charge in [0.1, 0.15) is 0 Å². The van der Waals surface area contributed by atoms with Crippen molar-refractivity contribution >= 4 is 11.6 Å². The predicted molar refractivity (Wildman–Crippen MR) is 78.9 cm³/mol. The lowest BCUT2D eigenvalue weighted by Gasteiger charge is -2.20. The fourth-order valence-corrected chi connectivity index (χ4v) is 2.54. The fraction of sp³-hybridized carbons (Fsp3) is 0.562. The summed E-state index contributed by atoms with van der Waals surface area (Å²) in [4.78, 5) is 11.9. The van der Waals surface area contributed by atoms with Gasteiger partial charge in [-0.05, 0) is 50.5 Å². The van der Waals surface area contributed by atoms with E-state index in [1.54, 1.807) is 0 Å². The molecular weight excluding hydrogens is 252 g/mol. The van der Waals surface area contributed by atoms with Crippen molar-refractivity contribution < 1.29 is 9.53 Å². The van der Waals surface area contributed by atoms with Crippen molar-refractivity contribution in [2.45, 2.75) is 38.3 Å². The molecule has 108 valence electrons. The third-order valence-corrected chi connectivity index (χ3v) is 4.13. The van der Waals surface area contributed by atoms with Crippen molar-refractivity contribution in [3.05, 3.63) is 29.8 Å². The number of amides is 1. The zero-order valence-corrected chi connectivity index (χ0v) is 11.9. The highest BCUT2D eigenvalue weighted by Crippen LogP contribution is 2.21. The zero-order valence-electron chi connectivity index (χ0n) is 11.9. The molecule has 3 rings (SSSR count). The van der Waals surface area contributed by atoms with E-state index in [1.165, 1.54) is 0 Å². The smallest absolute Gasteiger partial charge is 0.251 e. The average Bonchev–Trinajstić information content (AvgIpc) is 3.08. The topological polar surface area (TPSA) is 50.4 Å². The van der Waals surface area contributed by atoms with Crippen LogP contribution in [0.25, 0.3) is 0 Å². The van der Waals surface area contributed by atoms with E-state index >= 15 is 0 Å². The number of carbonyl (C=O) groups excluding carboxylic acids is 1. The van der Waals surface area contributed by atoms with Crippen LogP contribution in [0.3, 0.4) is 0 Å². The van der Waals surface area contributed by atoms with E-state index in [0.29, 0.717) is 18.0 Å². The van der Waals surface area contributed by atoms with E-state index in [0.717, 1.165) is 43.7 Å². The quantitative estimate of drug-likeness (QED) is 0.867. The van der Waals surface area contributed by atoms with Crippen LogP contribution in [0.15, 0.2) is 24.3 Å². The van der Waals surface area contributed by atoms with Crippen LogP contribution in [-0.2, 0) is 4.74 Å². The summed E-state index contributed by atoms with van der Waals surface area (Å²) in [6, 6.07) is 8.53. The molecule has 2 atom stereocenters. The molecule has 2 fully saturated rings. The van der Waals surface area contributed by atoms with E-state index in [1.807, 2.05) is 24.3 Å². The first-order chi connectivity index (χ1) is 9.72. The summed E-state index contributed by atoms with van der Waals surface area (Å²) in [5.41, 5.74) is 1.80. The number of hydrogen-bond donors (Lipinski definition) is 2. The molecule has 1 aliphatic carbocycles. The first-order valence-corrected chi connectivity index (χ1v) is 7.47. The second kappa shape index (κ2) is 5.83. The van der Waals surface area contributed by atoms with Gasteiger partial charge in [0.05, 0.1) is 6.61 Å². The molecule has 1 saturated heterocycles. The van der Waals surface area contributed by atoms with Crippen molar-refractivity contribution in [3.8, 4) is 0 Å². The third-order valence-electron chi connectivity index (χ3n) is 4.13. The van der Waals surface area contributed by atoms with Crippen LogP contribution < -0.4 is 10.6 Å². The molecule has 1 aromatic carbocycles. The highest BCUT2D eigenvalue weighted by atomic mass is 16.5.